The van der Waals surface area contributed by atoms with Crippen LogP contribution in [-0.4, -0.2) is 35.2 Å². The molecular formula is C22H22N4O3S. The molecule has 2 amide bonds. The van der Waals surface area contributed by atoms with E-state index in [0.29, 0.717) is 36.0 Å². The van der Waals surface area contributed by atoms with Crippen molar-refractivity contribution in [3.8, 4) is 5.75 Å². The Morgan fingerprint density at radius 2 is 1.97 bits per heavy atom. The Balaban J connectivity index is 1.47. The lowest BCUT2D eigenvalue weighted by Gasteiger charge is -2.18. The molecule has 0 bridgehead atoms. The van der Waals surface area contributed by atoms with E-state index in [4.69, 9.17) is 4.74 Å². The van der Waals surface area contributed by atoms with Gasteiger partial charge < -0.3 is 9.64 Å². The van der Waals surface area contributed by atoms with Gasteiger partial charge in [-0.1, -0.05) is 41.7 Å². The van der Waals surface area contributed by atoms with E-state index in [1.165, 1.54) is 11.3 Å². The molecule has 1 atom stereocenters. The molecule has 1 aliphatic heterocycles. The molecule has 1 saturated heterocycles. The van der Waals surface area contributed by atoms with Crippen LogP contribution in [0.1, 0.15) is 40.2 Å². The van der Waals surface area contributed by atoms with Gasteiger partial charge in [0.2, 0.25) is 11.0 Å². The van der Waals surface area contributed by atoms with Crippen molar-refractivity contribution in [2.45, 2.75) is 26.2 Å². The van der Waals surface area contributed by atoms with Gasteiger partial charge in [-0.3, -0.25) is 14.9 Å². The summed E-state index contributed by atoms with van der Waals surface area (Å²) < 4.78 is 5.52. The molecule has 1 unspecified atom stereocenters. The van der Waals surface area contributed by atoms with Gasteiger partial charge in [0.05, 0.1) is 12.2 Å². The smallest absolute Gasteiger partial charge is 0.261 e. The van der Waals surface area contributed by atoms with Crippen molar-refractivity contribution in [3.63, 3.8) is 0 Å². The van der Waals surface area contributed by atoms with Gasteiger partial charge in [0, 0.05) is 24.6 Å². The molecule has 2 aromatic carbocycles. The molecule has 0 aliphatic carbocycles. The second kappa shape index (κ2) is 8.62. The zero-order valence-corrected chi connectivity index (χ0v) is 17.6. The van der Waals surface area contributed by atoms with Crippen molar-refractivity contribution in [2.75, 3.05) is 23.4 Å². The Hall–Kier alpha value is -3.26. The van der Waals surface area contributed by atoms with Gasteiger partial charge >= 0.3 is 0 Å². The van der Waals surface area contributed by atoms with Crippen LogP contribution in [0, 0.1) is 6.92 Å². The molecular weight excluding hydrogens is 400 g/mol. The first-order valence-corrected chi connectivity index (χ1v) is 10.6. The third kappa shape index (κ3) is 4.04. The average molecular weight is 423 g/mol. The molecule has 1 aromatic heterocycles. The SMILES string of the molecule is CCOc1ccccc1C(=O)Nc1nnc(C2CC(=O)N(c3ccccc3C)C2)s1. The van der Waals surface area contributed by atoms with Crippen molar-refractivity contribution < 1.29 is 14.3 Å². The fourth-order valence-electron chi connectivity index (χ4n) is 3.52. The fourth-order valence-corrected chi connectivity index (χ4v) is 4.35. The summed E-state index contributed by atoms with van der Waals surface area (Å²) in [5.74, 6) is 0.250. The van der Waals surface area contributed by atoms with Crippen LogP contribution in [0.3, 0.4) is 0 Å². The molecule has 0 saturated carbocycles. The topological polar surface area (TPSA) is 84.4 Å². The van der Waals surface area contributed by atoms with Gasteiger partial charge in [0.15, 0.2) is 0 Å². The Morgan fingerprint density at radius 3 is 2.77 bits per heavy atom. The molecule has 8 heteroatoms. The van der Waals surface area contributed by atoms with Crippen molar-refractivity contribution >= 4 is 34.0 Å². The van der Waals surface area contributed by atoms with Gasteiger partial charge in [0.25, 0.3) is 5.91 Å². The molecule has 7 nitrogen and oxygen atoms in total. The van der Waals surface area contributed by atoms with Gasteiger partial charge in [-0.15, -0.1) is 10.2 Å². The number of ether oxygens (including phenoxy) is 1. The lowest BCUT2D eigenvalue weighted by Crippen LogP contribution is -2.25. The highest BCUT2D eigenvalue weighted by atomic mass is 32.1. The van der Waals surface area contributed by atoms with Crippen LogP contribution in [0.25, 0.3) is 0 Å². The molecule has 0 spiro atoms. The van der Waals surface area contributed by atoms with Crippen LogP contribution in [0.15, 0.2) is 48.5 Å². The predicted octanol–water partition coefficient (Wildman–Crippen LogP) is 4.02. The number of anilines is 2. The number of hydrogen-bond donors (Lipinski definition) is 1. The van der Waals surface area contributed by atoms with E-state index in [2.05, 4.69) is 15.5 Å². The maximum absolute atomic E-state index is 12.7. The van der Waals surface area contributed by atoms with E-state index in [-0.39, 0.29) is 17.7 Å². The number of rotatable bonds is 6. The first-order valence-electron chi connectivity index (χ1n) is 9.79. The van der Waals surface area contributed by atoms with Crippen molar-refractivity contribution in [3.05, 3.63) is 64.7 Å². The quantitative estimate of drug-likeness (QED) is 0.649. The van der Waals surface area contributed by atoms with E-state index in [1.807, 2.05) is 44.2 Å². The summed E-state index contributed by atoms with van der Waals surface area (Å²) in [5.41, 5.74) is 2.43. The van der Waals surface area contributed by atoms with Crippen molar-refractivity contribution in [2.24, 2.45) is 0 Å². The summed E-state index contributed by atoms with van der Waals surface area (Å²) in [5, 5.41) is 12.3. The Bertz CT molecular complexity index is 1080. The highest BCUT2D eigenvalue weighted by molar-refractivity contribution is 7.15. The third-order valence-corrected chi connectivity index (χ3v) is 5.97. The largest absolute Gasteiger partial charge is 0.493 e. The van der Waals surface area contributed by atoms with Gasteiger partial charge in [0.1, 0.15) is 10.8 Å². The summed E-state index contributed by atoms with van der Waals surface area (Å²) in [6, 6.07) is 14.9. The molecule has 0 radical (unpaired) electrons. The zero-order valence-electron chi connectivity index (χ0n) is 16.8. The summed E-state index contributed by atoms with van der Waals surface area (Å²) in [4.78, 5) is 27.0. The molecule has 4 rings (SSSR count). The molecule has 154 valence electrons. The maximum Gasteiger partial charge on any atom is 0.261 e. The molecule has 3 aromatic rings. The Kier molecular flexibility index (Phi) is 5.76. The minimum absolute atomic E-state index is 0.0454. The minimum atomic E-state index is -0.300. The highest BCUT2D eigenvalue weighted by Crippen LogP contribution is 2.35. The highest BCUT2D eigenvalue weighted by Gasteiger charge is 2.34. The van der Waals surface area contributed by atoms with Crippen LogP contribution < -0.4 is 15.0 Å². The fraction of sp³-hybridized carbons (Fsp3) is 0.273. The number of nitrogens with one attached hydrogen (secondary N) is 1. The number of carbonyl (C=O) groups excluding carboxylic acids is 2. The Labute approximate surface area is 178 Å². The average Bonchev–Trinajstić information content (AvgIpc) is 3.35. The van der Waals surface area contributed by atoms with E-state index in [9.17, 15) is 9.59 Å². The maximum atomic E-state index is 12.7. The normalized spacial score (nSPS) is 16.0. The van der Waals surface area contributed by atoms with Crippen molar-refractivity contribution in [1.82, 2.24) is 10.2 Å². The number of aromatic nitrogens is 2. The molecule has 1 fully saturated rings. The molecule has 30 heavy (non-hydrogen) atoms. The first-order chi connectivity index (χ1) is 14.6. The van der Waals surface area contributed by atoms with Crippen LogP contribution in [0.2, 0.25) is 0 Å². The van der Waals surface area contributed by atoms with Crippen LogP contribution in [-0.2, 0) is 4.79 Å². The monoisotopic (exact) mass is 422 g/mol. The number of nitrogens with zero attached hydrogens (tertiary/aromatic N) is 3. The molecule has 2 heterocycles. The zero-order chi connectivity index (χ0) is 21.1. The number of carbonyl (C=O) groups is 2. The number of aryl methyl sites for hydroxylation is 1. The van der Waals surface area contributed by atoms with Gasteiger partial charge in [-0.2, -0.15) is 0 Å². The number of amides is 2. The number of para-hydroxylation sites is 2. The minimum Gasteiger partial charge on any atom is -0.493 e. The molecule has 1 aliphatic rings. The predicted molar refractivity (Wildman–Crippen MR) is 116 cm³/mol. The standard InChI is InChI=1S/C22H22N4O3S/c1-3-29-18-11-7-5-9-16(18)20(28)23-22-25-24-21(30-22)15-12-19(27)26(13-15)17-10-6-4-8-14(17)2/h4-11,15H,3,12-13H2,1-2H3,(H,23,25,28). The van der Waals surface area contributed by atoms with Crippen LogP contribution in [0.5, 0.6) is 5.75 Å². The van der Waals surface area contributed by atoms with Gasteiger partial charge in [-0.05, 0) is 37.6 Å². The van der Waals surface area contributed by atoms with Crippen LogP contribution >= 0.6 is 11.3 Å². The summed E-state index contributed by atoms with van der Waals surface area (Å²) in [6.07, 6.45) is 0.379. The van der Waals surface area contributed by atoms with E-state index in [0.717, 1.165) is 16.3 Å². The second-order valence-corrected chi connectivity index (χ2v) is 8.03. The summed E-state index contributed by atoms with van der Waals surface area (Å²) >= 11 is 1.30. The van der Waals surface area contributed by atoms with E-state index in [1.54, 1.807) is 23.1 Å². The first kappa shape index (κ1) is 20.0. The van der Waals surface area contributed by atoms with Crippen molar-refractivity contribution in [1.29, 1.82) is 0 Å². The lowest BCUT2D eigenvalue weighted by molar-refractivity contribution is -0.117. The summed E-state index contributed by atoms with van der Waals surface area (Å²) in [6.45, 7) is 4.89. The van der Waals surface area contributed by atoms with Crippen LogP contribution in [0.4, 0.5) is 10.8 Å². The van der Waals surface area contributed by atoms with Gasteiger partial charge in [-0.25, -0.2) is 0 Å². The molecule has 1 N–H and O–H groups in total. The lowest BCUT2D eigenvalue weighted by atomic mass is 10.1. The van der Waals surface area contributed by atoms with E-state index < -0.39 is 0 Å². The second-order valence-electron chi connectivity index (χ2n) is 7.02. The third-order valence-electron chi connectivity index (χ3n) is 4.97. The van der Waals surface area contributed by atoms with E-state index >= 15 is 0 Å². The summed E-state index contributed by atoms with van der Waals surface area (Å²) in [7, 11) is 0. The number of hydrogen-bond acceptors (Lipinski definition) is 6. The Morgan fingerprint density at radius 1 is 1.20 bits per heavy atom. The number of benzene rings is 2.